The second-order valence-corrected chi connectivity index (χ2v) is 8.40. The molecular formula is C23H24N6O5S. The van der Waals surface area contributed by atoms with E-state index >= 15 is 0 Å². The van der Waals surface area contributed by atoms with Crippen LogP contribution in [0.5, 0.6) is 0 Å². The van der Waals surface area contributed by atoms with Crippen molar-refractivity contribution in [1.29, 1.82) is 0 Å². The number of carbonyl (C=O) groups is 2. The molecule has 1 aromatic carbocycles. The Morgan fingerprint density at radius 2 is 1.91 bits per heavy atom. The van der Waals surface area contributed by atoms with Crippen LogP contribution >= 0.6 is 11.8 Å². The molecule has 0 aliphatic rings. The van der Waals surface area contributed by atoms with Gasteiger partial charge in [-0.05, 0) is 38.1 Å². The summed E-state index contributed by atoms with van der Waals surface area (Å²) in [5.41, 5.74) is 0.994. The molecule has 11 nitrogen and oxygen atoms in total. The van der Waals surface area contributed by atoms with Crippen LogP contribution in [0.15, 0.2) is 63.1 Å². The van der Waals surface area contributed by atoms with Crippen molar-refractivity contribution in [1.82, 2.24) is 24.1 Å². The molecule has 4 rings (SSSR count). The molecule has 35 heavy (non-hydrogen) atoms. The van der Waals surface area contributed by atoms with E-state index in [1.165, 1.54) is 4.68 Å². The number of rotatable bonds is 9. The Morgan fingerprint density at radius 1 is 1.14 bits per heavy atom. The summed E-state index contributed by atoms with van der Waals surface area (Å²) in [5.74, 6) is -0.123. The number of hydrogen-bond acceptors (Lipinski definition) is 8. The zero-order valence-electron chi connectivity index (χ0n) is 19.4. The zero-order valence-corrected chi connectivity index (χ0v) is 20.2. The minimum Gasteiger partial charge on any atom is -0.461 e. The van der Waals surface area contributed by atoms with Gasteiger partial charge in [0.25, 0.3) is 11.5 Å². The highest BCUT2D eigenvalue weighted by Gasteiger charge is 2.20. The van der Waals surface area contributed by atoms with Gasteiger partial charge in [-0.2, -0.15) is 0 Å². The van der Waals surface area contributed by atoms with Crippen molar-refractivity contribution in [3.8, 4) is 17.3 Å². The molecule has 0 fully saturated rings. The summed E-state index contributed by atoms with van der Waals surface area (Å²) in [6.07, 6.45) is 1.55. The fourth-order valence-electron chi connectivity index (χ4n) is 3.47. The third-order valence-electron chi connectivity index (χ3n) is 5.28. The lowest BCUT2D eigenvalue weighted by Gasteiger charge is -2.07. The summed E-state index contributed by atoms with van der Waals surface area (Å²) in [6, 6.07) is 12.6. The van der Waals surface area contributed by atoms with E-state index in [9.17, 15) is 14.4 Å². The molecule has 3 aromatic heterocycles. The number of nitrogens with one attached hydrogen (secondary N) is 1. The first-order valence-corrected chi connectivity index (χ1v) is 11.8. The fourth-order valence-corrected chi connectivity index (χ4v) is 4.27. The van der Waals surface area contributed by atoms with Crippen molar-refractivity contribution in [2.45, 2.75) is 25.5 Å². The number of ether oxygens (including phenoxy) is 1. The highest BCUT2D eigenvalue weighted by atomic mass is 32.2. The first-order valence-electron chi connectivity index (χ1n) is 10.8. The lowest BCUT2D eigenvalue weighted by atomic mass is 10.3. The van der Waals surface area contributed by atoms with E-state index in [1.54, 1.807) is 49.2 Å². The smallest absolute Gasteiger partial charge is 0.316 e. The molecule has 0 saturated heterocycles. The maximum atomic E-state index is 12.9. The molecule has 1 N–H and O–H groups in total. The fraction of sp³-hybridized carbons (Fsp3) is 0.261. The lowest BCUT2D eigenvalue weighted by molar-refractivity contribution is -0.144. The molecule has 0 bridgehead atoms. The van der Waals surface area contributed by atoms with Crippen molar-refractivity contribution in [3.05, 3.63) is 64.8 Å². The van der Waals surface area contributed by atoms with Gasteiger partial charge >= 0.3 is 5.97 Å². The van der Waals surface area contributed by atoms with E-state index in [1.807, 2.05) is 29.7 Å². The first kappa shape index (κ1) is 24.1. The second-order valence-electron chi connectivity index (χ2n) is 7.46. The third kappa shape index (κ3) is 5.06. The van der Waals surface area contributed by atoms with Crippen LogP contribution in [-0.4, -0.2) is 48.4 Å². The van der Waals surface area contributed by atoms with Gasteiger partial charge in [-0.25, -0.2) is 4.68 Å². The number of benzene rings is 1. The van der Waals surface area contributed by atoms with Gasteiger partial charge in [0.05, 0.1) is 23.4 Å². The average Bonchev–Trinajstić information content (AvgIpc) is 3.58. The molecule has 0 spiro atoms. The topological polar surface area (TPSA) is 126 Å². The molecule has 0 atom stereocenters. The number of furan rings is 1. The Labute approximate surface area is 204 Å². The number of carbonyl (C=O) groups excluding carboxylic acids is 2. The van der Waals surface area contributed by atoms with Crippen molar-refractivity contribution >= 4 is 29.3 Å². The summed E-state index contributed by atoms with van der Waals surface area (Å²) < 4.78 is 15.4. The van der Waals surface area contributed by atoms with Crippen LogP contribution in [-0.2, 0) is 27.9 Å². The van der Waals surface area contributed by atoms with Crippen LogP contribution in [0.3, 0.4) is 0 Å². The molecule has 182 valence electrons. The van der Waals surface area contributed by atoms with E-state index in [-0.39, 0.29) is 17.0 Å². The van der Waals surface area contributed by atoms with Crippen LogP contribution in [0.4, 0.5) is 5.69 Å². The third-order valence-corrected chi connectivity index (χ3v) is 6.22. The summed E-state index contributed by atoms with van der Waals surface area (Å²) in [7, 11) is 1.73. The highest BCUT2D eigenvalue weighted by Crippen LogP contribution is 2.24. The van der Waals surface area contributed by atoms with Crippen LogP contribution < -0.4 is 10.9 Å². The quantitative estimate of drug-likeness (QED) is 0.277. The van der Waals surface area contributed by atoms with E-state index in [0.717, 1.165) is 11.8 Å². The molecule has 0 unspecified atom stereocenters. The summed E-state index contributed by atoms with van der Waals surface area (Å²) in [4.78, 5) is 37.5. The maximum absolute atomic E-state index is 12.9. The number of anilines is 1. The number of para-hydroxylation sites is 1. The van der Waals surface area contributed by atoms with Crippen LogP contribution in [0.25, 0.3) is 17.3 Å². The predicted molar refractivity (Wildman–Crippen MR) is 129 cm³/mol. The van der Waals surface area contributed by atoms with Gasteiger partial charge in [-0.1, -0.05) is 30.0 Å². The predicted octanol–water partition coefficient (Wildman–Crippen LogP) is 2.63. The van der Waals surface area contributed by atoms with Crippen molar-refractivity contribution in [2.75, 3.05) is 17.7 Å². The molecule has 3 heterocycles. The second kappa shape index (κ2) is 10.5. The Bertz CT molecular complexity index is 1390. The summed E-state index contributed by atoms with van der Waals surface area (Å²) in [6.45, 7) is 3.72. The number of aromatic nitrogens is 5. The minimum absolute atomic E-state index is 0.0608. The van der Waals surface area contributed by atoms with Gasteiger partial charge in [-0.15, -0.1) is 10.2 Å². The first-order chi connectivity index (χ1) is 16.9. The number of hydrogen-bond donors (Lipinski definition) is 1. The lowest BCUT2D eigenvalue weighted by Crippen LogP contribution is -2.26. The molecule has 0 aliphatic heterocycles. The molecular weight excluding hydrogens is 472 g/mol. The number of thioether (sulfide) groups is 1. The maximum Gasteiger partial charge on any atom is 0.316 e. The van der Waals surface area contributed by atoms with Gasteiger partial charge in [0, 0.05) is 13.6 Å². The SMILES string of the molecule is CCn1c(SCC(=O)OCC(=O)Nc2c(C)n(C)n(-c3ccccc3)c2=O)nnc1-c1ccco1. The van der Waals surface area contributed by atoms with Gasteiger partial charge in [0.1, 0.15) is 5.69 Å². The monoisotopic (exact) mass is 496 g/mol. The Hall–Kier alpha value is -4.06. The Kier molecular flexibility index (Phi) is 7.20. The molecule has 4 aromatic rings. The summed E-state index contributed by atoms with van der Waals surface area (Å²) >= 11 is 1.15. The molecule has 12 heteroatoms. The van der Waals surface area contributed by atoms with E-state index < -0.39 is 18.5 Å². The van der Waals surface area contributed by atoms with E-state index in [2.05, 4.69) is 15.5 Å². The zero-order chi connectivity index (χ0) is 24.9. The van der Waals surface area contributed by atoms with Crippen LogP contribution in [0, 0.1) is 6.92 Å². The van der Waals surface area contributed by atoms with Crippen molar-refractivity contribution < 1.29 is 18.7 Å². The highest BCUT2D eigenvalue weighted by molar-refractivity contribution is 7.99. The standard InChI is InChI=1S/C23H24N6O5S/c1-4-28-21(17-11-8-12-33-17)25-26-23(28)35-14-19(31)34-13-18(30)24-20-15(2)27(3)29(22(20)32)16-9-6-5-7-10-16/h5-12H,4,13-14H2,1-3H3,(H,24,30). The average molecular weight is 497 g/mol. The summed E-state index contributed by atoms with van der Waals surface area (Å²) in [5, 5.41) is 11.3. The number of nitrogens with zero attached hydrogens (tertiary/aromatic N) is 5. The van der Waals surface area contributed by atoms with Gasteiger partial charge in [-0.3, -0.25) is 23.6 Å². The number of esters is 1. The molecule has 0 aliphatic carbocycles. The Morgan fingerprint density at radius 3 is 2.60 bits per heavy atom. The van der Waals surface area contributed by atoms with Crippen molar-refractivity contribution in [3.63, 3.8) is 0 Å². The van der Waals surface area contributed by atoms with Gasteiger partial charge in [0.2, 0.25) is 0 Å². The minimum atomic E-state index is -0.605. The van der Waals surface area contributed by atoms with E-state index in [4.69, 9.17) is 9.15 Å². The van der Waals surface area contributed by atoms with Gasteiger partial charge in [0.15, 0.2) is 23.3 Å². The van der Waals surface area contributed by atoms with Crippen LogP contribution in [0.1, 0.15) is 12.6 Å². The van der Waals surface area contributed by atoms with Gasteiger partial charge < -0.3 is 14.5 Å². The van der Waals surface area contributed by atoms with E-state index in [0.29, 0.717) is 34.7 Å². The largest absolute Gasteiger partial charge is 0.461 e. The normalized spacial score (nSPS) is 10.9. The van der Waals surface area contributed by atoms with Crippen molar-refractivity contribution in [2.24, 2.45) is 7.05 Å². The molecule has 0 saturated carbocycles. The molecule has 1 amide bonds. The Balaban J connectivity index is 1.34. The molecule has 0 radical (unpaired) electrons. The number of amides is 1. The van der Waals surface area contributed by atoms with Crippen LogP contribution in [0.2, 0.25) is 0 Å².